The molecule has 0 spiro atoms. The molecule has 3 heterocycles. The number of aromatic nitrogens is 4. The maximum absolute atomic E-state index is 5.51. The normalized spacial score (nSPS) is 14.3. The second-order valence-corrected chi connectivity index (χ2v) is 8.13. The van der Waals surface area contributed by atoms with Crippen LogP contribution in [0.5, 0.6) is 0 Å². The third-order valence-electron chi connectivity index (χ3n) is 5.80. The van der Waals surface area contributed by atoms with Crippen LogP contribution in [0.3, 0.4) is 0 Å². The summed E-state index contributed by atoms with van der Waals surface area (Å²) in [7, 11) is 0. The van der Waals surface area contributed by atoms with Crippen molar-refractivity contribution in [2.24, 2.45) is 0 Å². The van der Waals surface area contributed by atoms with E-state index in [1.165, 1.54) is 5.56 Å². The summed E-state index contributed by atoms with van der Waals surface area (Å²) in [5, 5.41) is 8.77. The van der Waals surface area contributed by atoms with Crippen molar-refractivity contribution in [2.75, 3.05) is 31.6 Å². The molecule has 2 aromatic carbocycles. The Balaban J connectivity index is 1.47. The first-order chi connectivity index (χ1) is 16.2. The number of fused-ring (bicyclic) bond motifs is 1. The molecule has 4 aromatic rings. The molecule has 0 saturated carbocycles. The van der Waals surface area contributed by atoms with E-state index in [0.717, 1.165) is 72.7 Å². The van der Waals surface area contributed by atoms with Crippen LogP contribution in [-0.4, -0.2) is 51.0 Å². The van der Waals surface area contributed by atoms with Crippen LogP contribution in [0, 0.1) is 12.3 Å². The summed E-state index contributed by atoms with van der Waals surface area (Å²) < 4.78 is 7.44. The van der Waals surface area contributed by atoms with Gasteiger partial charge in [0, 0.05) is 60.8 Å². The molecule has 166 valence electrons. The van der Waals surface area contributed by atoms with Crippen LogP contribution in [0.4, 0.5) is 11.6 Å². The summed E-state index contributed by atoms with van der Waals surface area (Å²) in [4.78, 5) is 11.6. The average molecular weight is 439 g/mol. The molecule has 0 radical (unpaired) electrons. The fourth-order valence-corrected chi connectivity index (χ4v) is 4.04. The van der Waals surface area contributed by atoms with E-state index in [-0.39, 0.29) is 0 Å². The summed E-state index contributed by atoms with van der Waals surface area (Å²) in [6.45, 7) is 7.22. The SMILES string of the molecule is C#Cc1ccc2nc(Nc3cc(CN4CCOCC4)cc(-c4cnn(CC)c4)c3)ncc2c1. The van der Waals surface area contributed by atoms with E-state index < -0.39 is 0 Å². The Kier molecular flexibility index (Phi) is 6.03. The molecule has 1 fully saturated rings. The van der Waals surface area contributed by atoms with Crippen molar-refractivity contribution in [3.8, 4) is 23.5 Å². The zero-order valence-corrected chi connectivity index (χ0v) is 18.7. The molecule has 0 aliphatic carbocycles. The predicted octanol–water partition coefficient (Wildman–Crippen LogP) is 4.07. The van der Waals surface area contributed by atoms with Gasteiger partial charge in [0.15, 0.2) is 0 Å². The van der Waals surface area contributed by atoms with E-state index in [1.54, 1.807) is 6.20 Å². The van der Waals surface area contributed by atoms with E-state index in [1.807, 2.05) is 29.1 Å². The maximum Gasteiger partial charge on any atom is 0.227 e. The minimum absolute atomic E-state index is 0.551. The first-order valence-corrected chi connectivity index (χ1v) is 11.2. The Morgan fingerprint density at radius 1 is 1.09 bits per heavy atom. The van der Waals surface area contributed by atoms with Crippen LogP contribution >= 0.6 is 0 Å². The molecule has 33 heavy (non-hydrogen) atoms. The van der Waals surface area contributed by atoms with Crippen molar-refractivity contribution in [3.05, 3.63) is 66.1 Å². The van der Waals surface area contributed by atoms with Gasteiger partial charge in [-0.25, -0.2) is 9.97 Å². The number of aryl methyl sites for hydroxylation is 1. The number of nitrogens with zero attached hydrogens (tertiary/aromatic N) is 5. The number of hydrogen-bond acceptors (Lipinski definition) is 6. The van der Waals surface area contributed by atoms with Gasteiger partial charge >= 0.3 is 0 Å². The van der Waals surface area contributed by atoms with Gasteiger partial charge in [0.1, 0.15) is 0 Å². The Morgan fingerprint density at radius 3 is 2.76 bits per heavy atom. The molecule has 1 N–H and O–H groups in total. The number of anilines is 2. The number of terminal acetylenes is 1. The zero-order chi connectivity index (χ0) is 22.6. The Hall–Kier alpha value is -3.73. The van der Waals surface area contributed by atoms with Crippen molar-refractivity contribution >= 4 is 22.5 Å². The number of ether oxygens (including phenoxy) is 1. The van der Waals surface area contributed by atoms with Gasteiger partial charge in [-0.1, -0.05) is 5.92 Å². The lowest BCUT2D eigenvalue weighted by atomic mass is 10.0. The molecule has 0 unspecified atom stereocenters. The van der Waals surface area contributed by atoms with E-state index >= 15 is 0 Å². The molecule has 1 saturated heterocycles. The van der Waals surface area contributed by atoms with Crippen LogP contribution in [0.2, 0.25) is 0 Å². The van der Waals surface area contributed by atoms with Crippen LogP contribution in [0.25, 0.3) is 22.0 Å². The summed E-state index contributed by atoms with van der Waals surface area (Å²) >= 11 is 0. The minimum Gasteiger partial charge on any atom is -0.379 e. The standard InChI is InChI=1S/C26H26N6O/c1-3-19-5-6-25-22(11-19)15-27-26(30-25)29-24-13-20(17-31-7-9-33-10-8-31)12-21(14-24)23-16-28-32(4-2)18-23/h1,5-6,11-16,18H,4,7-10,17H2,2H3,(H,27,29,30). The lowest BCUT2D eigenvalue weighted by molar-refractivity contribution is 0.0342. The molecule has 1 aliphatic heterocycles. The van der Waals surface area contributed by atoms with Crippen LogP contribution in [-0.2, 0) is 17.8 Å². The Morgan fingerprint density at radius 2 is 1.97 bits per heavy atom. The number of hydrogen-bond donors (Lipinski definition) is 1. The maximum atomic E-state index is 5.51. The summed E-state index contributed by atoms with van der Waals surface area (Å²) in [6.07, 6.45) is 11.3. The second kappa shape index (κ2) is 9.41. The quantitative estimate of drug-likeness (QED) is 0.458. The fraction of sp³-hybridized carbons (Fsp3) is 0.269. The van der Waals surface area contributed by atoms with Crippen molar-refractivity contribution in [3.63, 3.8) is 0 Å². The summed E-state index contributed by atoms with van der Waals surface area (Å²) in [6, 6.07) is 12.3. The van der Waals surface area contributed by atoms with Gasteiger partial charge in [0.25, 0.3) is 0 Å². The number of nitrogens with one attached hydrogen (secondary N) is 1. The van der Waals surface area contributed by atoms with Crippen LogP contribution in [0.1, 0.15) is 18.1 Å². The fourth-order valence-electron chi connectivity index (χ4n) is 4.04. The lowest BCUT2D eigenvalue weighted by Crippen LogP contribution is -2.35. The number of morpholine rings is 1. The van der Waals surface area contributed by atoms with Gasteiger partial charge < -0.3 is 10.1 Å². The topological polar surface area (TPSA) is 68.1 Å². The highest BCUT2D eigenvalue weighted by molar-refractivity contribution is 5.81. The van der Waals surface area contributed by atoms with Gasteiger partial charge in [-0.05, 0) is 54.4 Å². The van der Waals surface area contributed by atoms with E-state index in [4.69, 9.17) is 11.2 Å². The van der Waals surface area contributed by atoms with Crippen LogP contribution in [0.15, 0.2) is 55.0 Å². The van der Waals surface area contributed by atoms with Crippen molar-refractivity contribution in [1.82, 2.24) is 24.6 Å². The molecule has 5 rings (SSSR count). The third-order valence-corrected chi connectivity index (χ3v) is 5.80. The molecule has 1 aliphatic rings. The molecular weight excluding hydrogens is 412 g/mol. The first kappa shape index (κ1) is 21.1. The number of benzene rings is 2. The number of rotatable bonds is 6. The van der Waals surface area contributed by atoms with Gasteiger partial charge in [-0.3, -0.25) is 9.58 Å². The average Bonchev–Trinajstić information content (AvgIpc) is 3.34. The van der Waals surface area contributed by atoms with E-state index in [2.05, 4.69) is 62.5 Å². The molecular formula is C26H26N6O. The molecule has 2 aromatic heterocycles. The van der Waals surface area contributed by atoms with Gasteiger partial charge in [-0.15, -0.1) is 6.42 Å². The third kappa shape index (κ3) is 4.87. The minimum atomic E-state index is 0.551. The Labute approximate surface area is 193 Å². The smallest absolute Gasteiger partial charge is 0.227 e. The summed E-state index contributed by atoms with van der Waals surface area (Å²) in [5.74, 6) is 3.20. The van der Waals surface area contributed by atoms with Crippen LogP contribution < -0.4 is 5.32 Å². The lowest BCUT2D eigenvalue weighted by Gasteiger charge is -2.27. The summed E-state index contributed by atoms with van der Waals surface area (Å²) in [5.41, 5.74) is 6.04. The highest BCUT2D eigenvalue weighted by Crippen LogP contribution is 2.27. The predicted molar refractivity (Wildman–Crippen MR) is 130 cm³/mol. The molecule has 0 amide bonds. The van der Waals surface area contributed by atoms with Gasteiger partial charge in [0.2, 0.25) is 5.95 Å². The monoisotopic (exact) mass is 438 g/mol. The molecule has 7 nitrogen and oxygen atoms in total. The second-order valence-electron chi connectivity index (χ2n) is 8.13. The highest BCUT2D eigenvalue weighted by Gasteiger charge is 2.13. The van der Waals surface area contributed by atoms with E-state index in [0.29, 0.717) is 5.95 Å². The largest absolute Gasteiger partial charge is 0.379 e. The Bertz CT molecular complexity index is 1320. The molecule has 7 heteroatoms. The molecule has 0 atom stereocenters. The van der Waals surface area contributed by atoms with Gasteiger partial charge in [0.05, 0.1) is 24.9 Å². The van der Waals surface area contributed by atoms with E-state index in [9.17, 15) is 0 Å². The van der Waals surface area contributed by atoms with Crippen molar-refractivity contribution in [2.45, 2.75) is 20.0 Å². The van der Waals surface area contributed by atoms with Crippen molar-refractivity contribution < 1.29 is 4.74 Å². The van der Waals surface area contributed by atoms with Gasteiger partial charge in [-0.2, -0.15) is 5.10 Å². The first-order valence-electron chi connectivity index (χ1n) is 11.2. The highest BCUT2D eigenvalue weighted by atomic mass is 16.5. The van der Waals surface area contributed by atoms with Crippen molar-refractivity contribution in [1.29, 1.82) is 0 Å². The molecule has 0 bridgehead atoms. The zero-order valence-electron chi connectivity index (χ0n) is 18.7.